The molecule has 2 aromatic carbocycles. The number of nitrogens with one attached hydrogen (secondary N) is 3. The zero-order chi connectivity index (χ0) is 23.4. The van der Waals surface area contributed by atoms with Crippen LogP contribution < -0.4 is 20.7 Å². The molecule has 1 spiro atoms. The number of benzene rings is 2. The van der Waals surface area contributed by atoms with Gasteiger partial charge in [0.2, 0.25) is 5.91 Å². The van der Waals surface area contributed by atoms with Crippen molar-refractivity contribution in [1.29, 1.82) is 0 Å². The van der Waals surface area contributed by atoms with Gasteiger partial charge in [-0.3, -0.25) is 19.3 Å². The van der Waals surface area contributed by atoms with Crippen molar-refractivity contribution in [3.8, 4) is 5.75 Å². The maximum atomic E-state index is 12.7. The minimum Gasteiger partial charge on any atom is -0.494 e. The molecular formula is C24H26N4O5. The monoisotopic (exact) mass is 450 g/mol. The maximum absolute atomic E-state index is 12.7. The van der Waals surface area contributed by atoms with Gasteiger partial charge in [0.1, 0.15) is 17.8 Å². The van der Waals surface area contributed by atoms with Gasteiger partial charge in [0.15, 0.2) is 0 Å². The van der Waals surface area contributed by atoms with Crippen LogP contribution in [0.25, 0.3) is 0 Å². The summed E-state index contributed by atoms with van der Waals surface area (Å²) in [5.41, 5.74) is 0.671. The van der Waals surface area contributed by atoms with Crippen molar-refractivity contribution >= 4 is 35.1 Å². The van der Waals surface area contributed by atoms with Crippen LogP contribution in [0.4, 0.5) is 16.2 Å². The second-order valence-electron chi connectivity index (χ2n) is 8.15. The third kappa shape index (κ3) is 4.82. The zero-order valence-electron chi connectivity index (χ0n) is 18.3. The van der Waals surface area contributed by atoms with Gasteiger partial charge in [-0.2, -0.15) is 0 Å². The van der Waals surface area contributed by atoms with Crippen molar-refractivity contribution in [3.63, 3.8) is 0 Å². The lowest BCUT2D eigenvalue weighted by Gasteiger charge is -2.19. The number of carbonyl (C=O) groups excluding carboxylic acids is 4. The number of carbonyl (C=O) groups is 4. The zero-order valence-corrected chi connectivity index (χ0v) is 18.3. The lowest BCUT2D eigenvalue weighted by molar-refractivity contribution is -0.133. The summed E-state index contributed by atoms with van der Waals surface area (Å²) in [6.45, 7) is 2.11. The molecule has 0 aromatic heterocycles. The van der Waals surface area contributed by atoms with E-state index in [1.165, 1.54) is 0 Å². The van der Waals surface area contributed by atoms with Crippen LogP contribution in [0.3, 0.4) is 0 Å². The Labute approximate surface area is 191 Å². The summed E-state index contributed by atoms with van der Waals surface area (Å²) in [6, 6.07) is 12.9. The van der Waals surface area contributed by atoms with Gasteiger partial charge in [-0.05, 0) is 68.3 Å². The van der Waals surface area contributed by atoms with E-state index in [0.29, 0.717) is 36.4 Å². The van der Waals surface area contributed by atoms with Crippen LogP contribution in [-0.2, 0) is 9.59 Å². The summed E-state index contributed by atoms with van der Waals surface area (Å²) in [6.07, 6.45) is 2.97. The molecule has 0 bridgehead atoms. The predicted molar refractivity (Wildman–Crippen MR) is 122 cm³/mol. The highest BCUT2D eigenvalue weighted by Crippen LogP contribution is 2.34. The normalized spacial score (nSPS) is 16.6. The average molecular weight is 450 g/mol. The van der Waals surface area contributed by atoms with Gasteiger partial charge in [-0.15, -0.1) is 0 Å². The second-order valence-corrected chi connectivity index (χ2v) is 8.15. The van der Waals surface area contributed by atoms with Crippen molar-refractivity contribution in [3.05, 3.63) is 54.1 Å². The summed E-state index contributed by atoms with van der Waals surface area (Å²) in [4.78, 5) is 50.7. The summed E-state index contributed by atoms with van der Waals surface area (Å²) in [5.74, 6) is -0.387. The Kier molecular flexibility index (Phi) is 6.30. The molecule has 5 amide bonds. The Hall–Kier alpha value is -3.88. The van der Waals surface area contributed by atoms with Gasteiger partial charge in [0.25, 0.3) is 11.8 Å². The lowest BCUT2D eigenvalue weighted by Crippen LogP contribution is -2.44. The van der Waals surface area contributed by atoms with E-state index in [0.717, 1.165) is 23.5 Å². The molecule has 0 radical (unpaired) electrons. The summed E-state index contributed by atoms with van der Waals surface area (Å²) in [7, 11) is 0. The van der Waals surface area contributed by atoms with Crippen LogP contribution in [-0.4, -0.2) is 47.3 Å². The predicted octanol–water partition coefficient (Wildman–Crippen LogP) is 3.14. The number of rotatable bonds is 7. The average Bonchev–Trinajstić information content (AvgIpc) is 3.36. The fourth-order valence-electron chi connectivity index (χ4n) is 4.19. The van der Waals surface area contributed by atoms with Crippen LogP contribution in [0.15, 0.2) is 48.5 Å². The smallest absolute Gasteiger partial charge is 0.325 e. The van der Waals surface area contributed by atoms with Crippen molar-refractivity contribution in [2.24, 2.45) is 0 Å². The van der Waals surface area contributed by atoms with Gasteiger partial charge in [0, 0.05) is 16.9 Å². The number of ether oxygens (including phenoxy) is 1. The van der Waals surface area contributed by atoms with Gasteiger partial charge in [-0.25, -0.2) is 4.79 Å². The molecule has 1 aliphatic carbocycles. The van der Waals surface area contributed by atoms with Crippen LogP contribution in [0.1, 0.15) is 43.0 Å². The van der Waals surface area contributed by atoms with Crippen LogP contribution >= 0.6 is 0 Å². The number of hydrogen-bond acceptors (Lipinski definition) is 5. The molecule has 172 valence electrons. The first-order valence-electron chi connectivity index (χ1n) is 11.0. The molecule has 2 fully saturated rings. The third-order valence-electron chi connectivity index (χ3n) is 5.86. The third-order valence-corrected chi connectivity index (χ3v) is 5.86. The lowest BCUT2D eigenvalue weighted by atomic mass is 9.98. The molecular weight excluding hydrogens is 424 g/mol. The van der Waals surface area contributed by atoms with Gasteiger partial charge in [-0.1, -0.05) is 12.8 Å². The molecule has 2 aliphatic rings. The fraction of sp³-hybridized carbons (Fsp3) is 0.333. The van der Waals surface area contributed by atoms with Gasteiger partial charge < -0.3 is 20.7 Å². The minimum absolute atomic E-state index is 0.293. The Morgan fingerprint density at radius 3 is 2.21 bits per heavy atom. The first-order valence-corrected chi connectivity index (χ1v) is 11.0. The summed E-state index contributed by atoms with van der Waals surface area (Å²) < 4.78 is 5.38. The summed E-state index contributed by atoms with van der Waals surface area (Å²) >= 11 is 0. The molecule has 1 saturated carbocycles. The SMILES string of the molecule is CCOc1ccc(NC(=O)c2ccc(NC(=O)CN3C(=O)NC4(CCCC4)C3=O)cc2)cc1. The van der Waals surface area contributed by atoms with Crippen molar-refractivity contribution < 1.29 is 23.9 Å². The van der Waals surface area contributed by atoms with Gasteiger partial charge in [0.05, 0.1) is 6.61 Å². The van der Waals surface area contributed by atoms with Crippen molar-refractivity contribution in [1.82, 2.24) is 10.2 Å². The first-order chi connectivity index (χ1) is 15.9. The van der Waals surface area contributed by atoms with E-state index in [4.69, 9.17) is 4.74 Å². The Morgan fingerprint density at radius 1 is 0.970 bits per heavy atom. The topological polar surface area (TPSA) is 117 Å². The van der Waals surface area contributed by atoms with Crippen LogP contribution in [0.2, 0.25) is 0 Å². The van der Waals surface area contributed by atoms with Crippen molar-refractivity contribution in [2.45, 2.75) is 38.1 Å². The van der Waals surface area contributed by atoms with E-state index < -0.39 is 17.5 Å². The van der Waals surface area contributed by atoms with E-state index in [-0.39, 0.29) is 18.4 Å². The molecule has 3 N–H and O–H groups in total. The van der Waals surface area contributed by atoms with Crippen LogP contribution in [0.5, 0.6) is 5.75 Å². The number of anilines is 2. The van der Waals surface area contributed by atoms with E-state index >= 15 is 0 Å². The highest BCUT2D eigenvalue weighted by atomic mass is 16.5. The van der Waals surface area contributed by atoms with E-state index in [2.05, 4.69) is 16.0 Å². The molecule has 1 saturated heterocycles. The van der Waals surface area contributed by atoms with Crippen molar-refractivity contribution in [2.75, 3.05) is 23.8 Å². The number of amides is 5. The van der Waals surface area contributed by atoms with E-state index in [1.807, 2.05) is 6.92 Å². The summed E-state index contributed by atoms with van der Waals surface area (Å²) in [5, 5.41) is 8.22. The minimum atomic E-state index is -0.838. The number of nitrogens with zero attached hydrogens (tertiary/aromatic N) is 1. The highest BCUT2D eigenvalue weighted by Gasteiger charge is 2.52. The number of imide groups is 1. The molecule has 2 aromatic rings. The molecule has 1 aliphatic heterocycles. The van der Waals surface area contributed by atoms with Gasteiger partial charge >= 0.3 is 6.03 Å². The maximum Gasteiger partial charge on any atom is 0.325 e. The Bertz CT molecular complexity index is 1060. The van der Waals surface area contributed by atoms with Crippen LogP contribution in [0, 0.1) is 0 Å². The second kappa shape index (κ2) is 9.32. The molecule has 0 unspecified atom stereocenters. The molecule has 1 heterocycles. The largest absolute Gasteiger partial charge is 0.494 e. The number of urea groups is 1. The molecule has 4 rings (SSSR count). The molecule has 0 atom stereocenters. The standard InChI is InChI=1S/C24H26N4O5/c1-2-33-19-11-9-18(10-12-19)26-21(30)16-5-7-17(8-6-16)25-20(29)15-28-22(31)24(27-23(28)32)13-3-4-14-24/h5-12H,2-4,13-15H2,1H3,(H,25,29)(H,26,30)(H,27,32). The first kappa shape index (κ1) is 22.3. The fourth-order valence-corrected chi connectivity index (χ4v) is 4.19. The Morgan fingerprint density at radius 2 is 1.58 bits per heavy atom. The Balaban J connectivity index is 1.31. The molecule has 33 heavy (non-hydrogen) atoms. The van der Waals surface area contributed by atoms with E-state index in [1.54, 1.807) is 48.5 Å². The quantitative estimate of drug-likeness (QED) is 0.561. The highest BCUT2D eigenvalue weighted by molar-refractivity contribution is 6.10. The molecule has 9 heteroatoms. The molecule has 9 nitrogen and oxygen atoms in total. The van der Waals surface area contributed by atoms with E-state index in [9.17, 15) is 19.2 Å². The number of hydrogen-bond donors (Lipinski definition) is 3.